The number of fused-ring (bicyclic) bond motifs is 1. The number of nitrogens with zero attached hydrogens (tertiary/aromatic N) is 1. The average Bonchev–Trinajstić information content (AvgIpc) is 2.89. The molecule has 0 saturated carbocycles. The standard InChI is InChI=1S/C25H35NO5S2/c1-5-7-14-26-17-21(18-29-15-8-6-2)31-23-11-9-10-22(25(23)33(26,27)28)30-20-12-13-24(32-4)19(3)16-20/h9-13,16,21H,5-8,14-15,17-18H2,1-4H3. The number of hydrogen-bond acceptors (Lipinski definition) is 6. The summed E-state index contributed by atoms with van der Waals surface area (Å²) >= 11 is 1.66. The summed E-state index contributed by atoms with van der Waals surface area (Å²) in [5.74, 6) is 1.18. The Kier molecular flexibility index (Phi) is 9.49. The highest BCUT2D eigenvalue weighted by molar-refractivity contribution is 7.98. The van der Waals surface area contributed by atoms with Gasteiger partial charge in [0.1, 0.15) is 17.6 Å². The zero-order valence-corrected chi connectivity index (χ0v) is 21.6. The second kappa shape index (κ2) is 12.1. The molecule has 1 atom stereocenters. The summed E-state index contributed by atoms with van der Waals surface area (Å²) in [6.45, 7) is 7.85. The first-order valence-corrected chi connectivity index (χ1v) is 14.3. The van der Waals surface area contributed by atoms with E-state index in [2.05, 4.69) is 13.8 Å². The first kappa shape index (κ1) is 25.9. The quantitative estimate of drug-likeness (QED) is 0.288. The van der Waals surface area contributed by atoms with Crippen LogP contribution in [0.15, 0.2) is 46.2 Å². The van der Waals surface area contributed by atoms with Crippen LogP contribution in [0.3, 0.4) is 0 Å². The van der Waals surface area contributed by atoms with Gasteiger partial charge in [-0.2, -0.15) is 4.31 Å². The molecule has 0 aliphatic carbocycles. The number of ether oxygens (including phenoxy) is 3. The van der Waals surface area contributed by atoms with E-state index in [9.17, 15) is 8.42 Å². The molecule has 8 heteroatoms. The molecule has 1 unspecified atom stereocenters. The van der Waals surface area contributed by atoms with Crippen molar-refractivity contribution in [2.45, 2.75) is 62.3 Å². The van der Waals surface area contributed by atoms with Crippen molar-refractivity contribution in [1.29, 1.82) is 0 Å². The molecule has 182 valence electrons. The number of rotatable bonds is 11. The van der Waals surface area contributed by atoms with Crippen LogP contribution >= 0.6 is 11.8 Å². The minimum atomic E-state index is -3.81. The molecule has 0 radical (unpaired) electrons. The molecule has 6 nitrogen and oxygen atoms in total. The molecule has 2 aromatic rings. The molecular formula is C25H35NO5S2. The van der Waals surface area contributed by atoms with E-state index in [1.807, 2.05) is 31.4 Å². The lowest BCUT2D eigenvalue weighted by Gasteiger charge is -2.23. The lowest BCUT2D eigenvalue weighted by molar-refractivity contribution is 0.0410. The lowest BCUT2D eigenvalue weighted by Crippen LogP contribution is -2.39. The zero-order valence-electron chi connectivity index (χ0n) is 20.0. The molecule has 1 aliphatic heterocycles. The first-order chi connectivity index (χ1) is 15.9. The van der Waals surface area contributed by atoms with Crippen molar-refractivity contribution in [3.8, 4) is 17.2 Å². The lowest BCUT2D eigenvalue weighted by atomic mass is 10.2. The van der Waals surface area contributed by atoms with Crippen LogP contribution in [0.5, 0.6) is 17.2 Å². The number of benzene rings is 2. The summed E-state index contributed by atoms with van der Waals surface area (Å²) in [7, 11) is -3.81. The maximum atomic E-state index is 13.8. The first-order valence-electron chi connectivity index (χ1n) is 11.6. The van der Waals surface area contributed by atoms with E-state index < -0.39 is 10.0 Å². The fourth-order valence-electron chi connectivity index (χ4n) is 3.73. The third-order valence-electron chi connectivity index (χ3n) is 5.54. The SMILES string of the molecule is CCCCOCC1CN(CCCC)S(=O)(=O)c2c(Oc3ccc(SC)c(C)c3)cccc2O1. The molecule has 0 N–H and O–H groups in total. The van der Waals surface area contributed by atoms with Gasteiger partial charge in [0.2, 0.25) is 0 Å². The fraction of sp³-hybridized carbons (Fsp3) is 0.520. The second-order valence-electron chi connectivity index (χ2n) is 8.20. The molecular weight excluding hydrogens is 458 g/mol. The fourth-order valence-corrected chi connectivity index (χ4v) is 6.04. The third-order valence-corrected chi connectivity index (χ3v) is 8.37. The van der Waals surface area contributed by atoms with Crippen LogP contribution in [0, 0.1) is 6.92 Å². The van der Waals surface area contributed by atoms with Gasteiger partial charge in [-0.1, -0.05) is 32.8 Å². The Labute approximate surface area is 202 Å². The number of aryl methyl sites for hydroxylation is 1. The summed E-state index contributed by atoms with van der Waals surface area (Å²) in [6, 6.07) is 10.9. The van der Waals surface area contributed by atoms with Crippen LogP contribution in [-0.2, 0) is 14.8 Å². The molecule has 0 fully saturated rings. The van der Waals surface area contributed by atoms with Gasteiger partial charge in [-0.3, -0.25) is 0 Å². The summed E-state index contributed by atoms with van der Waals surface area (Å²) in [4.78, 5) is 1.24. The van der Waals surface area contributed by atoms with Gasteiger partial charge in [-0.05, 0) is 61.9 Å². The van der Waals surface area contributed by atoms with E-state index in [-0.39, 0.29) is 23.3 Å². The Hall–Kier alpha value is -1.74. The minimum Gasteiger partial charge on any atom is -0.485 e. The smallest absolute Gasteiger partial charge is 0.250 e. The van der Waals surface area contributed by atoms with E-state index in [4.69, 9.17) is 14.2 Å². The molecule has 1 heterocycles. The van der Waals surface area contributed by atoms with Gasteiger partial charge >= 0.3 is 0 Å². The van der Waals surface area contributed by atoms with Crippen molar-refractivity contribution in [3.05, 3.63) is 42.0 Å². The highest BCUT2D eigenvalue weighted by atomic mass is 32.2. The highest BCUT2D eigenvalue weighted by Crippen LogP contribution is 2.40. The number of thioether (sulfide) groups is 1. The summed E-state index contributed by atoms with van der Waals surface area (Å²) in [5, 5.41) is 0. The Morgan fingerprint density at radius 2 is 1.94 bits per heavy atom. The van der Waals surface area contributed by atoms with E-state index in [1.165, 1.54) is 4.31 Å². The van der Waals surface area contributed by atoms with E-state index in [1.54, 1.807) is 30.0 Å². The van der Waals surface area contributed by atoms with Crippen molar-refractivity contribution < 1.29 is 22.6 Å². The number of sulfonamides is 1. The maximum Gasteiger partial charge on any atom is 0.250 e. The molecule has 0 aromatic heterocycles. The van der Waals surface area contributed by atoms with Crippen molar-refractivity contribution >= 4 is 21.8 Å². The van der Waals surface area contributed by atoms with Crippen LogP contribution in [0.2, 0.25) is 0 Å². The van der Waals surface area contributed by atoms with E-state index >= 15 is 0 Å². The van der Waals surface area contributed by atoms with Gasteiger partial charge in [0.25, 0.3) is 10.0 Å². The molecule has 0 spiro atoms. The predicted molar refractivity (Wildman–Crippen MR) is 133 cm³/mol. The Morgan fingerprint density at radius 1 is 1.15 bits per heavy atom. The van der Waals surface area contributed by atoms with Gasteiger partial charge in [0, 0.05) is 18.0 Å². The van der Waals surface area contributed by atoms with Crippen LogP contribution in [0.25, 0.3) is 0 Å². The number of unbranched alkanes of at least 4 members (excludes halogenated alkanes) is 2. The van der Waals surface area contributed by atoms with E-state index in [0.717, 1.165) is 36.1 Å². The van der Waals surface area contributed by atoms with Gasteiger partial charge in [0.05, 0.1) is 13.2 Å². The normalized spacial score (nSPS) is 17.8. The average molecular weight is 494 g/mol. The summed E-state index contributed by atoms with van der Waals surface area (Å²) in [5.41, 5.74) is 1.08. The molecule has 2 aromatic carbocycles. The Bertz CT molecular complexity index is 1030. The largest absolute Gasteiger partial charge is 0.485 e. The molecule has 1 aliphatic rings. The predicted octanol–water partition coefficient (Wildman–Crippen LogP) is 5.88. The Balaban J connectivity index is 1.96. The minimum absolute atomic E-state index is 0.0868. The van der Waals surface area contributed by atoms with Crippen molar-refractivity contribution in [1.82, 2.24) is 4.31 Å². The summed E-state index contributed by atoms with van der Waals surface area (Å²) in [6.07, 6.45) is 5.33. The van der Waals surface area contributed by atoms with Crippen LogP contribution in [0.4, 0.5) is 0 Å². The van der Waals surface area contributed by atoms with Gasteiger partial charge in [0.15, 0.2) is 10.6 Å². The zero-order chi connectivity index (χ0) is 23.8. The second-order valence-corrected chi connectivity index (χ2v) is 10.9. The molecule has 0 amide bonds. The van der Waals surface area contributed by atoms with Gasteiger partial charge < -0.3 is 14.2 Å². The maximum absolute atomic E-state index is 13.8. The van der Waals surface area contributed by atoms with E-state index in [0.29, 0.717) is 31.3 Å². The molecule has 3 rings (SSSR count). The van der Waals surface area contributed by atoms with Crippen LogP contribution in [0.1, 0.15) is 45.1 Å². The summed E-state index contributed by atoms with van der Waals surface area (Å²) < 4.78 is 47.1. The topological polar surface area (TPSA) is 65.1 Å². The van der Waals surface area contributed by atoms with Crippen LogP contribution in [-0.4, -0.2) is 51.4 Å². The van der Waals surface area contributed by atoms with Crippen molar-refractivity contribution in [3.63, 3.8) is 0 Å². The van der Waals surface area contributed by atoms with Crippen LogP contribution < -0.4 is 9.47 Å². The van der Waals surface area contributed by atoms with Crippen molar-refractivity contribution in [2.75, 3.05) is 32.6 Å². The Morgan fingerprint density at radius 3 is 2.64 bits per heavy atom. The van der Waals surface area contributed by atoms with Gasteiger partial charge in [-0.15, -0.1) is 11.8 Å². The monoisotopic (exact) mass is 493 g/mol. The molecule has 0 bridgehead atoms. The highest BCUT2D eigenvalue weighted by Gasteiger charge is 2.37. The number of hydrogen-bond donors (Lipinski definition) is 0. The van der Waals surface area contributed by atoms with Crippen molar-refractivity contribution in [2.24, 2.45) is 0 Å². The van der Waals surface area contributed by atoms with Gasteiger partial charge in [-0.25, -0.2) is 8.42 Å². The molecule has 33 heavy (non-hydrogen) atoms. The molecule has 0 saturated heterocycles. The third kappa shape index (κ3) is 6.44.